The zero-order chi connectivity index (χ0) is 59.3. The molecule has 0 unspecified atom stereocenters. The molecule has 0 saturated carbocycles. The van der Waals surface area contributed by atoms with Crippen LogP contribution in [0.1, 0.15) is 44.5 Å². The number of aryl methyl sites for hydroxylation is 12. The molecule has 0 N–H and O–H groups in total. The smallest absolute Gasteiger partial charge is 0.201 e. The van der Waals surface area contributed by atoms with Crippen molar-refractivity contribution in [3.05, 3.63) is 312 Å². The number of hydrogen-bond donors (Lipinski definition) is 0. The Morgan fingerprint density at radius 1 is 0.202 bits per heavy atom. The van der Waals surface area contributed by atoms with Gasteiger partial charge in [0.1, 0.15) is 28.2 Å². The number of pyridine rings is 4. The average molecular weight is 1100 g/mol. The minimum absolute atomic E-state index is 1.24. The Bertz CT molecular complexity index is 4180. The van der Waals surface area contributed by atoms with Gasteiger partial charge in [-0.25, -0.2) is 18.3 Å². The maximum absolute atomic E-state index is 2.31. The Hall–Kier alpha value is -9.64. The molecule has 12 aromatic rings. The third-order valence-electron chi connectivity index (χ3n) is 15.8. The van der Waals surface area contributed by atoms with Crippen LogP contribution in [-0.2, 0) is 28.2 Å². The predicted octanol–water partition coefficient (Wildman–Crippen LogP) is 17.8. The molecule has 4 nitrogen and oxygen atoms in total. The van der Waals surface area contributed by atoms with Gasteiger partial charge in [-0.05, 0) is 146 Å². The van der Waals surface area contributed by atoms with Crippen molar-refractivity contribution >= 4 is 0 Å². The summed E-state index contributed by atoms with van der Waals surface area (Å²) in [5.41, 5.74) is 30.7. The Labute approximate surface area is 500 Å². The molecule has 0 aliphatic heterocycles. The summed E-state index contributed by atoms with van der Waals surface area (Å²) < 4.78 is 8.79. The lowest BCUT2D eigenvalue weighted by Gasteiger charge is -2.10. The second kappa shape index (κ2) is 27.4. The lowest BCUT2D eigenvalue weighted by molar-refractivity contribution is -0.660. The Morgan fingerprint density at radius 3 is 0.833 bits per heavy atom. The van der Waals surface area contributed by atoms with Crippen molar-refractivity contribution in [2.24, 2.45) is 28.2 Å². The molecule has 12 rings (SSSR count). The van der Waals surface area contributed by atoms with Crippen molar-refractivity contribution in [1.29, 1.82) is 0 Å². The molecule has 0 aliphatic carbocycles. The monoisotopic (exact) mass is 1100 g/mol. The number of benzene rings is 8. The van der Waals surface area contributed by atoms with Gasteiger partial charge in [0.25, 0.3) is 0 Å². The summed E-state index contributed by atoms with van der Waals surface area (Å²) in [6.07, 6.45) is 8.70. The van der Waals surface area contributed by atoms with E-state index in [4.69, 9.17) is 0 Å². The van der Waals surface area contributed by atoms with Gasteiger partial charge in [0.05, 0.1) is 0 Å². The van der Waals surface area contributed by atoms with Gasteiger partial charge in [-0.15, -0.1) is 0 Å². The zero-order valence-corrected chi connectivity index (χ0v) is 51.2. The van der Waals surface area contributed by atoms with E-state index in [2.05, 4.69) is 369 Å². The van der Waals surface area contributed by atoms with Gasteiger partial charge in [-0.1, -0.05) is 193 Å². The number of nitrogens with zero attached hydrogens (tertiary/aromatic N) is 4. The molecular formula is C80H80N4+4. The molecule has 0 bridgehead atoms. The first-order valence-corrected chi connectivity index (χ1v) is 29.1. The van der Waals surface area contributed by atoms with Crippen molar-refractivity contribution in [1.82, 2.24) is 0 Å². The predicted molar refractivity (Wildman–Crippen MR) is 352 cm³/mol. The quantitative estimate of drug-likeness (QED) is 0.135. The SMILES string of the molecule is Cc1c[n+](C)c(-c2ccccc2C)cc1-c1ccccc1.Cc1ccc(-c2cc(-c3ccccc3)c(C)c[n+]2C)c(C)c1.Cc1ccc(-c2cc(-c3ccccc3)cc[n+]2C)c(C)c1.Cc1ccccc1-c1cc(-c2ccccc2)cc[n+]1C. The average Bonchev–Trinajstić information content (AvgIpc) is 3.61. The normalized spacial score (nSPS) is 10.6. The van der Waals surface area contributed by atoms with Gasteiger partial charge in [0.15, 0.2) is 24.8 Å². The fourth-order valence-electron chi connectivity index (χ4n) is 11.2. The highest BCUT2D eigenvalue weighted by molar-refractivity contribution is 5.75. The van der Waals surface area contributed by atoms with E-state index in [1.807, 2.05) is 0 Å². The number of hydrogen-bond acceptors (Lipinski definition) is 0. The molecule has 4 heteroatoms. The molecule has 416 valence electrons. The molecule has 8 aromatic carbocycles. The first-order chi connectivity index (χ1) is 40.6. The second-order valence-corrected chi connectivity index (χ2v) is 22.3. The molecule has 0 fully saturated rings. The van der Waals surface area contributed by atoms with Crippen molar-refractivity contribution in [2.45, 2.75) is 55.4 Å². The molecule has 4 heterocycles. The number of aromatic nitrogens is 4. The molecule has 0 spiro atoms. The van der Waals surface area contributed by atoms with Crippen molar-refractivity contribution in [3.63, 3.8) is 0 Å². The first kappa shape index (κ1) is 59.0. The second-order valence-electron chi connectivity index (χ2n) is 22.3. The lowest BCUT2D eigenvalue weighted by atomic mass is 9.97. The standard InChI is InChI=1S/C21H22N.2C20H20N.C19H18N/c1-15-10-11-19(16(2)12-15)21-13-20(17(3)14-22(21)4)18-8-6-5-7-9-18;1-15-9-7-8-12-18(15)20-13-19(16(2)14-21(20)3)17-10-5-4-6-11-17;1-15-9-10-19(16(2)13-15)20-14-18(11-12-21(20)3)17-7-5-4-6-8-17;1-15-8-6-7-11-18(15)19-14-17(12-13-20(19)2)16-9-4-3-5-10-16/h5-14H,1-4H3;2*4-14H,1-3H3;3-14H,1-2H3/q4*+1. The molecule has 4 aromatic heterocycles. The molecule has 0 radical (unpaired) electrons. The van der Waals surface area contributed by atoms with Crippen molar-refractivity contribution in [2.75, 3.05) is 0 Å². The highest BCUT2D eigenvalue weighted by Gasteiger charge is 2.19. The van der Waals surface area contributed by atoms with Crippen molar-refractivity contribution < 1.29 is 18.3 Å². The molecule has 0 atom stereocenters. The minimum atomic E-state index is 1.24. The van der Waals surface area contributed by atoms with E-state index in [1.54, 1.807) is 0 Å². The summed E-state index contributed by atoms with van der Waals surface area (Å²) in [6.45, 7) is 17.3. The Balaban J connectivity index is 0.000000134. The highest BCUT2D eigenvalue weighted by Crippen LogP contribution is 2.32. The van der Waals surface area contributed by atoms with Crippen LogP contribution in [0.3, 0.4) is 0 Å². The van der Waals surface area contributed by atoms with Crippen LogP contribution in [0.25, 0.3) is 89.5 Å². The van der Waals surface area contributed by atoms with E-state index in [-0.39, 0.29) is 0 Å². The summed E-state index contributed by atoms with van der Waals surface area (Å²) in [7, 11) is 8.43. The zero-order valence-electron chi connectivity index (χ0n) is 51.2. The molecule has 0 amide bonds. The summed E-state index contributed by atoms with van der Waals surface area (Å²) >= 11 is 0. The topological polar surface area (TPSA) is 15.5 Å². The summed E-state index contributed by atoms with van der Waals surface area (Å²) in [4.78, 5) is 0. The maximum Gasteiger partial charge on any atom is 0.213 e. The number of rotatable bonds is 8. The third kappa shape index (κ3) is 14.3. The van der Waals surface area contributed by atoms with Gasteiger partial charge in [0.2, 0.25) is 22.8 Å². The minimum Gasteiger partial charge on any atom is -0.201 e. The first-order valence-electron chi connectivity index (χ1n) is 29.1. The Kier molecular flexibility index (Phi) is 19.3. The largest absolute Gasteiger partial charge is 0.213 e. The summed E-state index contributed by atoms with van der Waals surface area (Å²) in [5.74, 6) is 0. The fourth-order valence-corrected chi connectivity index (χ4v) is 11.2. The van der Waals surface area contributed by atoms with E-state index in [0.717, 1.165) is 0 Å². The lowest BCUT2D eigenvalue weighted by Crippen LogP contribution is -2.31. The molecular weight excluding hydrogens is 1020 g/mol. The third-order valence-corrected chi connectivity index (χ3v) is 15.8. The van der Waals surface area contributed by atoms with Gasteiger partial charge >= 0.3 is 0 Å². The van der Waals surface area contributed by atoms with Crippen LogP contribution in [0, 0.1) is 55.4 Å². The van der Waals surface area contributed by atoms with E-state index < -0.39 is 0 Å². The fraction of sp³-hybridized carbons (Fsp3) is 0.150. The Morgan fingerprint density at radius 2 is 0.500 bits per heavy atom. The summed E-state index contributed by atoms with van der Waals surface area (Å²) in [6, 6.07) is 86.0. The van der Waals surface area contributed by atoms with Crippen LogP contribution in [0.4, 0.5) is 0 Å². The van der Waals surface area contributed by atoms with Gasteiger partial charge in [-0.3, -0.25) is 0 Å². The van der Waals surface area contributed by atoms with Crippen LogP contribution < -0.4 is 18.3 Å². The van der Waals surface area contributed by atoms with Gasteiger partial charge in [0, 0.05) is 69.8 Å². The van der Waals surface area contributed by atoms with E-state index in [9.17, 15) is 0 Å². The van der Waals surface area contributed by atoms with Gasteiger partial charge in [-0.2, -0.15) is 0 Å². The van der Waals surface area contributed by atoms with E-state index >= 15 is 0 Å². The van der Waals surface area contributed by atoms with E-state index in [0.29, 0.717) is 0 Å². The molecule has 84 heavy (non-hydrogen) atoms. The van der Waals surface area contributed by atoms with Crippen LogP contribution in [0.5, 0.6) is 0 Å². The summed E-state index contributed by atoms with van der Waals surface area (Å²) in [5, 5.41) is 0. The maximum atomic E-state index is 2.31. The van der Waals surface area contributed by atoms with Crippen LogP contribution >= 0.6 is 0 Å². The molecule has 0 saturated heterocycles. The van der Waals surface area contributed by atoms with Crippen LogP contribution in [0.2, 0.25) is 0 Å². The van der Waals surface area contributed by atoms with Gasteiger partial charge < -0.3 is 0 Å². The van der Waals surface area contributed by atoms with Crippen LogP contribution in [-0.4, -0.2) is 0 Å². The molecule has 0 aliphatic rings. The highest BCUT2D eigenvalue weighted by atomic mass is 14.9. The van der Waals surface area contributed by atoms with Crippen molar-refractivity contribution in [3.8, 4) is 89.5 Å². The van der Waals surface area contributed by atoms with Crippen LogP contribution in [0.15, 0.2) is 267 Å². The van der Waals surface area contributed by atoms with E-state index in [1.165, 1.54) is 134 Å².